The maximum atomic E-state index is 14.9. The summed E-state index contributed by atoms with van der Waals surface area (Å²) in [6, 6.07) is 20.7. The predicted molar refractivity (Wildman–Crippen MR) is 101 cm³/mol. The minimum Gasteiger partial charge on any atom is -0.313 e. The van der Waals surface area contributed by atoms with Crippen LogP contribution in [0.5, 0.6) is 0 Å². The predicted octanol–water partition coefficient (Wildman–Crippen LogP) is 4.97. The molecule has 0 spiro atoms. The van der Waals surface area contributed by atoms with Crippen LogP contribution in [0.3, 0.4) is 0 Å². The van der Waals surface area contributed by atoms with Gasteiger partial charge in [0.25, 0.3) is 0 Å². The van der Waals surface area contributed by atoms with E-state index in [4.69, 9.17) is 0 Å². The summed E-state index contributed by atoms with van der Waals surface area (Å²) < 4.78 is 14.9. The van der Waals surface area contributed by atoms with E-state index in [-0.39, 0.29) is 5.16 Å². The minimum absolute atomic E-state index is 0.0147. The Hall–Kier alpha value is -1.33. The van der Waals surface area contributed by atoms with Crippen molar-refractivity contribution in [2.24, 2.45) is 16.7 Å². The lowest BCUT2D eigenvalue weighted by atomic mass is 9.71. The van der Waals surface area contributed by atoms with E-state index in [1.807, 2.05) is 12.1 Å². The Bertz CT molecular complexity index is 779. The largest absolute Gasteiger partial charge is 0.313 e. The topological polar surface area (TPSA) is 17.1 Å². The van der Waals surface area contributed by atoms with E-state index in [0.717, 1.165) is 23.5 Å². The molecule has 24 heavy (non-hydrogen) atoms. The molecule has 0 saturated heterocycles. The minimum atomic E-state index is -2.66. The van der Waals surface area contributed by atoms with Gasteiger partial charge in [-0.2, -0.15) is 0 Å². The number of hydrogen-bond donors (Lipinski definition) is 0. The van der Waals surface area contributed by atoms with Gasteiger partial charge in [0, 0.05) is 15.8 Å². The highest BCUT2D eigenvalue weighted by molar-refractivity contribution is 7.80. The molecule has 2 aromatic carbocycles. The van der Waals surface area contributed by atoms with E-state index in [2.05, 4.69) is 62.4 Å². The lowest BCUT2D eigenvalue weighted by Crippen LogP contribution is -2.37. The van der Waals surface area contributed by atoms with Gasteiger partial charge in [-0.25, -0.2) is 0 Å². The van der Waals surface area contributed by atoms with Crippen molar-refractivity contribution in [1.29, 1.82) is 0 Å². The fraction of sp³-hybridized carbons (Fsp3) is 0.455. The molecule has 0 N–H and O–H groups in total. The van der Waals surface area contributed by atoms with E-state index in [0.29, 0.717) is 16.7 Å². The number of rotatable bonds is 3. The average Bonchev–Trinajstić information content (AvgIpc) is 3.20. The molecule has 4 aliphatic rings. The molecule has 0 amide bonds. The van der Waals surface area contributed by atoms with Gasteiger partial charge in [0.05, 0.1) is 0 Å². The highest BCUT2D eigenvalue weighted by Gasteiger charge is 2.78. The van der Waals surface area contributed by atoms with Crippen LogP contribution in [-0.2, 0) is 4.57 Å². The summed E-state index contributed by atoms with van der Waals surface area (Å²) in [4.78, 5) is 0. The zero-order chi connectivity index (χ0) is 16.6. The quantitative estimate of drug-likeness (QED) is 0.723. The Kier molecular flexibility index (Phi) is 2.77. The van der Waals surface area contributed by atoms with Crippen molar-refractivity contribution >= 4 is 17.8 Å². The molecule has 1 nitrogen and oxygen atoms in total. The van der Waals surface area contributed by atoms with Crippen molar-refractivity contribution in [3.63, 3.8) is 0 Å². The van der Waals surface area contributed by atoms with Gasteiger partial charge in [-0.15, -0.1) is 0 Å². The zero-order valence-electron chi connectivity index (χ0n) is 14.5. The molecule has 4 aliphatic carbocycles. The van der Waals surface area contributed by atoms with E-state index in [1.54, 1.807) is 0 Å². The normalized spacial score (nSPS) is 39.7. The van der Waals surface area contributed by atoms with Crippen molar-refractivity contribution in [2.45, 2.75) is 44.7 Å². The maximum Gasteiger partial charge on any atom is 0.149 e. The molecular formula is C22H25OP. The molecule has 124 valence electrons. The van der Waals surface area contributed by atoms with Crippen LogP contribution in [0.15, 0.2) is 60.7 Å². The molecule has 4 saturated carbocycles. The third-order valence-electron chi connectivity index (χ3n) is 7.87. The summed E-state index contributed by atoms with van der Waals surface area (Å²) in [7, 11) is -2.66. The van der Waals surface area contributed by atoms with Gasteiger partial charge in [-0.05, 0) is 42.4 Å². The molecule has 2 aromatic rings. The zero-order valence-corrected chi connectivity index (χ0v) is 15.4. The van der Waals surface area contributed by atoms with Crippen molar-refractivity contribution in [3.05, 3.63) is 60.7 Å². The summed E-state index contributed by atoms with van der Waals surface area (Å²) in [6.07, 6.45) is 4.82. The van der Waals surface area contributed by atoms with E-state index >= 15 is 0 Å². The van der Waals surface area contributed by atoms with Gasteiger partial charge in [0.2, 0.25) is 0 Å². The summed E-state index contributed by atoms with van der Waals surface area (Å²) in [5.41, 5.74) is 0.772. The molecule has 2 heteroatoms. The Morgan fingerprint density at radius 2 is 1.21 bits per heavy atom. The second kappa shape index (κ2) is 4.44. The van der Waals surface area contributed by atoms with Crippen LogP contribution in [-0.4, -0.2) is 5.16 Å². The van der Waals surface area contributed by atoms with Crippen LogP contribution >= 0.6 is 7.14 Å². The second-order valence-corrected chi connectivity index (χ2v) is 12.1. The van der Waals surface area contributed by atoms with Crippen molar-refractivity contribution in [2.75, 3.05) is 0 Å². The fourth-order valence-electron chi connectivity index (χ4n) is 6.73. The molecule has 4 bridgehead atoms. The van der Waals surface area contributed by atoms with E-state index in [9.17, 15) is 4.57 Å². The highest BCUT2D eigenvalue weighted by atomic mass is 31.2. The van der Waals surface area contributed by atoms with Crippen molar-refractivity contribution < 1.29 is 4.57 Å². The molecule has 2 unspecified atom stereocenters. The average molecular weight is 336 g/mol. The number of hydrogen-bond acceptors (Lipinski definition) is 1. The van der Waals surface area contributed by atoms with Gasteiger partial charge >= 0.3 is 0 Å². The first-order chi connectivity index (χ1) is 11.4. The summed E-state index contributed by atoms with van der Waals surface area (Å²) in [5.74, 6) is 0.624. The summed E-state index contributed by atoms with van der Waals surface area (Å²) in [6.45, 7) is 4.92. The van der Waals surface area contributed by atoms with E-state index in [1.165, 1.54) is 12.8 Å². The van der Waals surface area contributed by atoms with Gasteiger partial charge in [0.15, 0.2) is 0 Å². The van der Waals surface area contributed by atoms with E-state index < -0.39 is 7.14 Å². The van der Waals surface area contributed by atoms with Gasteiger partial charge in [-0.1, -0.05) is 74.5 Å². The Morgan fingerprint density at radius 1 is 0.792 bits per heavy atom. The lowest BCUT2D eigenvalue weighted by molar-refractivity contribution is 0.157. The van der Waals surface area contributed by atoms with Gasteiger partial charge < -0.3 is 4.57 Å². The van der Waals surface area contributed by atoms with Crippen LogP contribution in [0.25, 0.3) is 0 Å². The Morgan fingerprint density at radius 3 is 1.54 bits per heavy atom. The SMILES string of the molecule is CC12CC3CC1(C)CC3(P(=O)(c1ccccc1)c1ccccc1)C2. The Labute approximate surface area is 144 Å². The van der Waals surface area contributed by atoms with Crippen LogP contribution in [0, 0.1) is 16.7 Å². The van der Waals surface area contributed by atoms with Crippen LogP contribution in [0.2, 0.25) is 0 Å². The molecule has 4 fully saturated rings. The molecule has 2 atom stereocenters. The first kappa shape index (κ1) is 15.0. The molecule has 0 radical (unpaired) electrons. The van der Waals surface area contributed by atoms with Crippen molar-refractivity contribution in [3.8, 4) is 0 Å². The fourth-order valence-corrected chi connectivity index (χ4v) is 11.1. The van der Waals surface area contributed by atoms with Crippen molar-refractivity contribution in [1.82, 2.24) is 0 Å². The highest BCUT2D eigenvalue weighted by Crippen LogP contribution is 2.86. The first-order valence-electron chi connectivity index (χ1n) is 9.15. The van der Waals surface area contributed by atoms with Gasteiger partial charge in [0.1, 0.15) is 7.14 Å². The lowest BCUT2D eigenvalue weighted by Gasteiger charge is -2.38. The smallest absolute Gasteiger partial charge is 0.149 e. The molecule has 0 aliphatic heterocycles. The van der Waals surface area contributed by atoms with Crippen LogP contribution in [0.4, 0.5) is 0 Å². The molecule has 0 heterocycles. The Balaban J connectivity index is 1.78. The summed E-state index contributed by atoms with van der Waals surface area (Å²) >= 11 is 0. The van der Waals surface area contributed by atoms with Crippen LogP contribution < -0.4 is 10.6 Å². The number of benzene rings is 2. The van der Waals surface area contributed by atoms with Crippen LogP contribution in [0.1, 0.15) is 39.5 Å². The monoisotopic (exact) mass is 336 g/mol. The standard InChI is InChI=1S/C22H25OP/c1-20-13-17-14-21(20,2)16-22(17,15-20)24(23,18-9-5-3-6-10-18)19-11-7-4-8-12-19/h3-12,17H,13-16H2,1-2H3. The molecule has 0 aromatic heterocycles. The maximum absolute atomic E-state index is 14.9. The van der Waals surface area contributed by atoms with Gasteiger partial charge in [-0.3, -0.25) is 0 Å². The second-order valence-electron chi connectivity index (χ2n) is 8.96. The third-order valence-corrected chi connectivity index (χ3v) is 11.9. The first-order valence-corrected chi connectivity index (χ1v) is 10.9. The molecular weight excluding hydrogens is 311 g/mol. The summed E-state index contributed by atoms with van der Waals surface area (Å²) in [5, 5.41) is 2.12. The molecule has 6 rings (SSSR count). The third kappa shape index (κ3) is 1.51.